The van der Waals surface area contributed by atoms with Crippen molar-refractivity contribution in [3.63, 3.8) is 0 Å². The number of hydrogen-bond acceptors (Lipinski definition) is 7. The summed E-state index contributed by atoms with van der Waals surface area (Å²) in [5.41, 5.74) is 1.36. The molecule has 7 nitrogen and oxygen atoms in total. The number of pyridine rings is 1. The Bertz CT molecular complexity index is 870. The van der Waals surface area contributed by atoms with Crippen LogP contribution < -0.4 is 10.1 Å². The molecule has 0 saturated carbocycles. The van der Waals surface area contributed by atoms with Crippen molar-refractivity contribution < 1.29 is 13.9 Å². The van der Waals surface area contributed by atoms with Crippen molar-refractivity contribution in [2.45, 2.75) is 24.3 Å². The summed E-state index contributed by atoms with van der Waals surface area (Å²) in [7, 11) is 0. The molecule has 1 amide bonds. The average molecular weight is 370 g/mol. The molecule has 0 aliphatic carbocycles. The van der Waals surface area contributed by atoms with Crippen LogP contribution in [0.25, 0.3) is 11.5 Å². The van der Waals surface area contributed by atoms with Crippen molar-refractivity contribution in [1.29, 1.82) is 0 Å². The number of benzene rings is 1. The van der Waals surface area contributed by atoms with Gasteiger partial charge in [0, 0.05) is 12.4 Å². The number of para-hydroxylation sites is 2. The number of thioether (sulfide) groups is 1. The highest BCUT2D eigenvalue weighted by atomic mass is 32.2. The molecule has 3 aromatic rings. The van der Waals surface area contributed by atoms with Crippen LogP contribution in [0.5, 0.6) is 5.75 Å². The SMILES string of the molecule is CCOc1ccccc1NC(=O)[C@H](C)Sc1nnc(-c2cccnc2)o1. The molecule has 1 N–H and O–H groups in total. The van der Waals surface area contributed by atoms with E-state index in [2.05, 4.69) is 20.5 Å². The highest BCUT2D eigenvalue weighted by molar-refractivity contribution is 8.00. The van der Waals surface area contributed by atoms with Crippen LogP contribution in [0.3, 0.4) is 0 Å². The van der Waals surface area contributed by atoms with Gasteiger partial charge < -0.3 is 14.5 Å². The standard InChI is InChI=1S/C18H18N4O3S/c1-3-24-15-9-5-4-8-14(15)20-16(23)12(2)26-18-22-21-17(25-18)13-7-6-10-19-11-13/h4-12H,3H2,1-2H3,(H,20,23)/t12-/m0/s1. The lowest BCUT2D eigenvalue weighted by molar-refractivity contribution is -0.115. The summed E-state index contributed by atoms with van der Waals surface area (Å²) >= 11 is 1.19. The van der Waals surface area contributed by atoms with Crippen LogP contribution in [-0.4, -0.2) is 32.9 Å². The van der Waals surface area contributed by atoms with Crippen LogP contribution >= 0.6 is 11.8 Å². The maximum absolute atomic E-state index is 12.5. The lowest BCUT2D eigenvalue weighted by Crippen LogP contribution is -2.22. The van der Waals surface area contributed by atoms with E-state index >= 15 is 0 Å². The summed E-state index contributed by atoms with van der Waals surface area (Å²) in [6, 6.07) is 10.9. The van der Waals surface area contributed by atoms with E-state index in [-0.39, 0.29) is 5.91 Å². The lowest BCUT2D eigenvalue weighted by Gasteiger charge is -2.13. The summed E-state index contributed by atoms with van der Waals surface area (Å²) in [6.07, 6.45) is 3.31. The Morgan fingerprint density at radius 3 is 2.88 bits per heavy atom. The van der Waals surface area contributed by atoms with Crippen molar-refractivity contribution in [3.05, 3.63) is 48.8 Å². The summed E-state index contributed by atoms with van der Waals surface area (Å²) in [5.74, 6) is 0.829. The number of nitrogens with zero attached hydrogens (tertiary/aromatic N) is 3. The third kappa shape index (κ3) is 4.40. The molecule has 1 aromatic carbocycles. The second-order valence-electron chi connectivity index (χ2n) is 5.29. The van der Waals surface area contributed by atoms with E-state index in [1.165, 1.54) is 11.8 Å². The molecule has 0 spiro atoms. The number of carbonyl (C=O) groups is 1. The van der Waals surface area contributed by atoms with Gasteiger partial charge in [-0.3, -0.25) is 9.78 Å². The van der Waals surface area contributed by atoms with Gasteiger partial charge in [-0.2, -0.15) is 0 Å². The molecule has 3 rings (SSSR count). The Balaban J connectivity index is 1.64. The van der Waals surface area contributed by atoms with Gasteiger partial charge in [0.25, 0.3) is 5.22 Å². The molecule has 0 aliphatic heterocycles. The molecule has 26 heavy (non-hydrogen) atoms. The monoisotopic (exact) mass is 370 g/mol. The fraction of sp³-hybridized carbons (Fsp3) is 0.222. The maximum Gasteiger partial charge on any atom is 0.277 e. The number of amides is 1. The Hall–Kier alpha value is -2.87. The molecule has 0 bridgehead atoms. The van der Waals surface area contributed by atoms with Crippen molar-refractivity contribution >= 4 is 23.4 Å². The van der Waals surface area contributed by atoms with Gasteiger partial charge in [-0.1, -0.05) is 23.9 Å². The number of hydrogen-bond donors (Lipinski definition) is 1. The van der Waals surface area contributed by atoms with Gasteiger partial charge >= 0.3 is 0 Å². The molecule has 2 heterocycles. The predicted molar refractivity (Wildman–Crippen MR) is 99.1 cm³/mol. The highest BCUT2D eigenvalue weighted by Crippen LogP contribution is 2.28. The summed E-state index contributed by atoms with van der Waals surface area (Å²) < 4.78 is 11.1. The van der Waals surface area contributed by atoms with E-state index in [1.54, 1.807) is 31.5 Å². The smallest absolute Gasteiger partial charge is 0.277 e. The van der Waals surface area contributed by atoms with E-state index in [4.69, 9.17) is 9.15 Å². The Morgan fingerprint density at radius 1 is 1.27 bits per heavy atom. The van der Waals surface area contributed by atoms with Crippen molar-refractivity contribution in [2.75, 3.05) is 11.9 Å². The quantitative estimate of drug-likeness (QED) is 0.635. The first kappa shape index (κ1) is 17.9. The van der Waals surface area contributed by atoms with Gasteiger partial charge in [0.05, 0.1) is 23.1 Å². The van der Waals surface area contributed by atoms with Crippen LogP contribution in [0.15, 0.2) is 58.4 Å². The molecule has 0 fully saturated rings. The maximum atomic E-state index is 12.5. The first-order valence-corrected chi connectivity index (χ1v) is 8.98. The lowest BCUT2D eigenvalue weighted by atomic mass is 10.3. The number of aromatic nitrogens is 3. The van der Waals surface area contributed by atoms with E-state index in [0.717, 1.165) is 5.56 Å². The zero-order valence-electron chi connectivity index (χ0n) is 14.4. The normalized spacial score (nSPS) is 11.8. The van der Waals surface area contributed by atoms with E-state index in [1.807, 2.05) is 31.2 Å². The minimum absolute atomic E-state index is 0.178. The van der Waals surface area contributed by atoms with Crippen LogP contribution in [-0.2, 0) is 4.79 Å². The number of ether oxygens (including phenoxy) is 1. The number of nitrogens with one attached hydrogen (secondary N) is 1. The second-order valence-corrected chi connectivity index (χ2v) is 6.59. The number of rotatable bonds is 7. The Morgan fingerprint density at radius 2 is 2.12 bits per heavy atom. The Labute approximate surface area is 155 Å². The van der Waals surface area contributed by atoms with E-state index in [0.29, 0.717) is 29.2 Å². The van der Waals surface area contributed by atoms with E-state index in [9.17, 15) is 4.79 Å². The third-order valence-corrected chi connectivity index (χ3v) is 4.34. The first-order chi connectivity index (χ1) is 12.7. The van der Waals surface area contributed by atoms with Gasteiger partial charge in [0.2, 0.25) is 11.8 Å². The van der Waals surface area contributed by atoms with Gasteiger partial charge in [0.15, 0.2) is 0 Å². The number of anilines is 1. The first-order valence-electron chi connectivity index (χ1n) is 8.10. The largest absolute Gasteiger partial charge is 0.492 e. The van der Waals surface area contributed by atoms with Crippen molar-refractivity contribution in [2.24, 2.45) is 0 Å². The number of carbonyl (C=O) groups excluding carboxylic acids is 1. The topological polar surface area (TPSA) is 90.1 Å². The van der Waals surface area contributed by atoms with Crippen molar-refractivity contribution in [1.82, 2.24) is 15.2 Å². The molecule has 2 aromatic heterocycles. The predicted octanol–water partition coefficient (Wildman–Crippen LogP) is 3.65. The minimum Gasteiger partial charge on any atom is -0.492 e. The van der Waals surface area contributed by atoms with Crippen LogP contribution in [0, 0.1) is 0 Å². The average Bonchev–Trinajstić information content (AvgIpc) is 3.13. The highest BCUT2D eigenvalue weighted by Gasteiger charge is 2.20. The van der Waals surface area contributed by atoms with Crippen LogP contribution in [0.2, 0.25) is 0 Å². The second kappa shape index (κ2) is 8.48. The van der Waals surface area contributed by atoms with Crippen LogP contribution in [0.4, 0.5) is 5.69 Å². The van der Waals surface area contributed by atoms with Gasteiger partial charge in [-0.15, -0.1) is 10.2 Å². The van der Waals surface area contributed by atoms with Gasteiger partial charge in [-0.05, 0) is 38.1 Å². The van der Waals surface area contributed by atoms with Crippen molar-refractivity contribution in [3.8, 4) is 17.2 Å². The molecular weight excluding hydrogens is 352 g/mol. The van der Waals surface area contributed by atoms with Crippen LogP contribution in [0.1, 0.15) is 13.8 Å². The molecular formula is C18H18N4O3S. The van der Waals surface area contributed by atoms with Gasteiger partial charge in [0.1, 0.15) is 5.75 Å². The zero-order valence-corrected chi connectivity index (χ0v) is 15.2. The molecule has 1 atom stereocenters. The molecule has 0 radical (unpaired) electrons. The van der Waals surface area contributed by atoms with Gasteiger partial charge in [-0.25, -0.2) is 0 Å². The molecule has 0 saturated heterocycles. The van der Waals surface area contributed by atoms with E-state index < -0.39 is 5.25 Å². The summed E-state index contributed by atoms with van der Waals surface area (Å²) in [6.45, 7) is 4.19. The molecule has 0 aliphatic rings. The minimum atomic E-state index is -0.424. The third-order valence-electron chi connectivity index (χ3n) is 3.41. The molecule has 134 valence electrons. The fourth-order valence-electron chi connectivity index (χ4n) is 2.15. The molecule has 8 heteroatoms. The molecule has 0 unspecified atom stereocenters. The Kier molecular flexibility index (Phi) is 5.85. The fourth-order valence-corrected chi connectivity index (χ4v) is 2.84. The summed E-state index contributed by atoms with van der Waals surface area (Å²) in [5, 5.41) is 10.7. The zero-order chi connectivity index (χ0) is 18.4. The summed E-state index contributed by atoms with van der Waals surface area (Å²) in [4.78, 5) is 16.5.